The number of hydrogen-bond donors (Lipinski definition) is 4. The van der Waals surface area contributed by atoms with Crippen LogP contribution in [-0.2, 0) is 9.59 Å². The zero-order chi connectivity index (χ0) is 21.6. The Bertz CT molecular complexity index is 900. The van der Waals surface area contributed by atoms with Crippen LogP contribution in [0.5, 0.6) is 0 Å². The van der Waals surface area contributed by atoms with Crippen LogP contribution in [0.25, 0.3) is 0 Å². The molecular formula is C19H16Cl2N2O6. The molecule has 2 rings (SSSR count). The first kappa shape index (κ1) is 22.2. The molecule has 8 nitrogen and oxygen atoms in total. The molecule has 0 bridgehead atoms. The smallest absolute Gasteiger partial charge is 0.337 e. The molecule has 2 aromatic rings. The Labute approximate surface area is 175 Å². The van der Waals surface area contributed by atoms with Crippen LogP contribution in [0, 0.1) is 0 Å². The van der Waals surface area contributed by atoms with Gasteiger partial charge in [-0.2, -0.15) is 0 Å². The zero-order valence-corrected chi connectivity index (χ0v) is 16.4. The third-order valence-electron chi connectivity index (χ3n) is 3.78. The highest BCUT2D eigenvalue weighted by Crippen LogP contribution is 2.22. The lowest BCUT2D eigenvalue weighted by Crippen LogP contribution is -2.17. The van der Waals surface area contributed by atoms with Crippen LogP contribution in [0.1, 0.15) is 40.0 Å². The van der Waals surface area contributed by atoms with Gasteiger partial charge in [0, 0.05) is 22.9 Å². The fourth-order valence-electron chi connectivity index (χ4n) is 2.44. The first-order valence-electron chi connectivity index (χ1n) is 8.32. The van der Waals surface area contributed by atoms with Gasteiger partial charge in [-0.15, -0.1) is 0 Å². The Balaban J connectivity index is 1.89. The van der Waals surface area contributed by atoms with Crippen molar-refractivity contribution in [2.75, 3.05) is 10.6 Å². The molecule has 0 aliphatic carbocycles. The van der Waals surface area contributed by atoms with E-state index < -0.39 is 23.8 Å². The van der Waals surface area contributed by atoms with Gasteiger partial charge in [0.25, 0.3) is 0 Å². The second-order valence-electron chi connectivity index (χ2n) is 5.94. The number of rotatable bonds is 8. The van der Waals surface area contributed by atoms with E-state index in [2.05, 4.69) is 10.6 Å². The Hall–Kier alpha value is -3.10. The maximum atomic E-state index is 12.0. The molecule has 10 heteroatoms. The van der Waals surface area contributed by atoms with Crippen LogP contribution >= 0.6 is 23.2 Å². The summed E-state index contributed by atoms with van der Waals surface area (Å²) in [6, 6.07) is 8.10. The van der Waals surface area contributed by atoms with Crippen molar-refractivity contribution in [1.29, 1.82) is 0 Å². The van der Waals surface area contributed by atoms with Gasteiger partial charge in [0.2, 0.25) is 11.8 Å². The summed E-state index contributed by atoms with van der Waals surface area (Å²) in [7, 11) is 0. The number of aromatic carboxylic acids is 2. The third kappa shape index (κ3) is 6.48. The van der Waals surface area contributed by atoms with E-state index >= 15 is 0 Å². The number of amides is 2. The van der Waals surface area contributed by atoms with Crippen molar-refractivity contribution in [2.24, 2.45) is 0 Å². The highest BCUT2D eigenvalue weighted by Gasteiger charge is 2.15. The number of nitrogens with one attached hydrogen (secondary N) is 2. The number of hydrogen-bond acceptors (Lipinski definition) is 4. The minimum atomic E-state index is -1.24. The third-order valence-corrected chi connectivity index (χ3v) is 4.25. The van der Waals surface area contributed by atoms with Crippen molar-refractivity contribution in [3.8, 4) is 0 Å². The van der Waals surface area contributed by atoms with Crippen LogP contribution in [-0.4, -0.2) is 34.0 Å². The van der Waals surface area contributed by atoms with Crippen molar-refractivity contribution >= 4 is 58.3 Å². The van der Waals surface area contributed by atoms with E-state index in [0.29, 0.717) is 0 Å². The molecule has 0 atom stereocenters. The average Bonchev–Trinajstić information content (AvgIpc) is 2.64. The van der Waals surface area contributed by atoms with Gasteiger partial charge >= 0.3 is 11.9 Å². The first-order chi connectivity index (χ1) is 13.7. The molecule has 0 saturated carbocycles. The van der Waals surface area contributed by atoms with Crippen LogP contribution in [0.2, 0.25) is 10.0 Å². The van der Waals surface area contributed by atoms with Crippen molar-refractivity contribution < 1.29 is 29.4 Å². The van der Waals surface area contributed by atoms with E-state index in [4.69, 9.17) is 33.4 Å². The molecule has 0 radical (unpaired) electrons. The van der Waals surface area contributed by atoms with Crippen molar-refractivity contribution in [2.45, 2.75) is 19.3 Å². The molecule has 0 heterocycles. The van der Waals surface area contributed by atoms with E-state index in [1.165, 1.54) is 36.4 Å². The molecular weight excluding hydrogens is 423 g/mol. The summed E-state index contributed by atoms with van der Waals surface area (Å²) in [5, 5.41) is 23.7. The molecule has 152 valence electrons. The molecule has 0 unspecified atom stereocenters. The fraction of sp³-hybridized carbons (Fsp3) is 0.158. The molecule has 0 aromatic heterocycles. The van der Waals surface area contributed by atoms with Crippen LogP contribution < -0.4 is 10.6 Å². The fourth-order valence-corrected chi connectivity index (χ4v) is 2.78. The maximum absolute atomic E-state index is 12.0. The molecule has 4 N–H and O–H groups in total. The summed E-state index contributed by atoms with van der Waals surface area (Å²) in [4.78, 5) is 46.5. The average molecular weight is 439 g/mol. The minimum absolute atomic E-state index is 0.0402. The number of carboxylic acids is 2. The quantitative estimate of drug-likeness (QED) is 0.489. The van der Waals surface area contributed by atoms with E-state index in [1.54, 1.807) is 0 Å². The van der Waals surface area contributed by atoms with Crippen LogP contribution in [0.15, 0.2) is 36.4 Å². The van der Waals surface area contributed by atoms with Crippen molar-refractivity contribution in [1.82, 2.24) is 0 Å². The normalized spacial score (nSPS) is 10.3. The molecule has 2 aromatic carbocycles. The van der Waals surface area contributed by atoms with Gasteiger partial charge in [-0.05, 0) is 42.8 Å². The SMILES string of the molecule is O=C(CCCC(=O)Nc1ccc(Cl)cc1C(=O)O)Nc1ccc(Cl)cc1C(=O)O. The highest BCUT2D eigenvalue weighted by molar-refractivity contribution is 6.31. The topological polar surface area (TPSA) is 133 Å². The van der Waals surface area contributed by atoms with E-state index in [0.717, 1.165) is 0 Å². The number of anilines is 2. The lowest BCUT2D eigenvalue weighted by Gasteiger charge is -2.10. The van der Waals surface area contributed by atoms with Gasteiger partial charge in [0.05, 0.1) is 22.5 Å². The van der Waals surface area contributed by atoms with Crippen LogP contribution in [0.3, 0.4) is 0 Å². The molecule has 2 amide bonds. The molecule has 0 saturated heterocycles. The minimum Gasteiger partial charge on any atom is -0.478 e. The predicted octanol–water partition coefficient (Wildman–Crippen LogP) is 4.14. The number of carboxylic acid groups (broad SMARTS) is 2. The van der Waals surface area contributed by atoms with E-state index in [-0.39, 0.29) is 51.8 Å². The largest absolute Gasteiger partial charge is 0.478 e. The van der Waals surface area contributed by atoms with Gasteiger partial charge < -0.3 is 20.8 Å². The number of benzene rings is 2. The zero-order valence-electron chi connectivity index (χ0n) is 14.9. The summed E-state index contributed by atoms with van der Waals surface area (Å²) >= 11 is 11.5. The van der Waals surface area contributed by atoms with E-state index in [1.807, 2.05) is 0 Å². The highest BCUT2D eigenvalue weighted by atomic mass is 35.5. The van der Waals surface area contributed by atoms with Crippen LogP contribution in [0.4, 0.5) is 11.4 Å². The van der Waals surface area contributed by atoms with Gasteiger partial charge in [-0.1, -0.05) is 23.2 Å². The predicted molar refractivity (Wildman–Crippen MR) is 108 cm³/mol. The Morgan fingerprint density at radius 3 is 1.45 bits per heavy atom. The number of carbonyl (C=O) groups is 4. The molecule has 0 aliphatic heterocycles. The summed E-state index contributed by atoms with van der Waals surface area (Å²) in [5.74, 6) is -3.42. The maximum Gasteiger partial charge on any atom is 0.337 e. The molecule has 29 heavy (non-hydrogen) atoms. The van der Waals surface area contributed by atoms with Crippen molar-refractivity contribution in [3.63, 3.8) is 0 Å². The summed E-state index contributed by atoms with van der Waals surface area (Å²) < 4.78 is 0. The second-order valence-corrected chi connectivity index (χ2v) is 6.81. The summed E-state index contributed by atoms with van der Waals surface area (Å²) in [6.45, 7) is 0. The van der Waals surface area contributed by atoms with Gasteiger partial charge in [-0.3, -0.25) is 9.59 Å². The summed E-state index contributed by atoms with van der Waals surface area (Å²) in [6.07, 6.45) is 0.0900. The van der Waals surface area contributed by atoms with Gasteiger partial charge in [0.1, 0.15) is 0 Å². The molecule has 0 spiro atoms. The lowest BCUT2D eigenvalue weighted by molar-refractivity contribution is -0.117. The number of halogens is 2. The Kier molecular flexibility index (Phi) is 7.58. The second kappa shape index (κ2) is 9.90. The van der Waals surface area contributed by atoms with E-state index in [9.17, 15) is 19.2 Å². The molecule has 0 fully saturated rings. The monoisotopic (exact) mass is 438 g/mol. The van der Waals surface area contributed by atoms with Gasteiger partial charge in [-0.25, -0.2) is 9.59 Å². The summed E-state index contributed by atoms with van der Waals surface area (Å²) in [5.41, 5.74) is -0.0905. The van der Waals surface area contributed by atoms with Gasteiger partial charge in [0.15, 0.2) is 0 Å². The Morgan fingerprint density at radius 2 is 1.10 bits per heavy atom. The molecule has 0 aliphatic rings. The number of carbonyl (C=O) groups excluding carboxylic acids is 2. The Morgan fingerprint density at radius 1 is 0.724 bits per heavy atom. The first-order valence-corrected chi connectivity index (χ1v) is 9.08. The lowest BCUT2D eigenvalue weighted by atomic mass is 10.1. The standard InChI is InChI=1S/C19H16Cl2N2O6/c20-10-4-6-14(12(8-10)18(26)27)22-16(24)2-1-3-17(25)23-15-7-5-11(21)9-13(15)19(28)29/h4-9H,1-3H2,(H,22,24)(H,23,25)(H,26,27)(H,28,29). The van der Waals surface area contributed by atoms with Crippen molar-refractivity contribution in [3.05, 3.63) is 57.6 Å².